The summed E-state index contributed by atoms with van der Waals surface area (Å²) in [5.74, 6) is 0.993. The van der Waals surface area contributed by atoms with Crippen LogP contribution in [0, 0.1) is 0 Å². The third-order valence-electron chi connectivity index (χ3n) is 1.94. The standard InChI is InChI=1S/C11H18OSi/c1-13(2)10-6-9-12-11-7-4-3-5-8-11/h3-5,7-8,13H,6,9-10H2,1-2H3. The van der Waals surface area contributed by atoms with Crippen LogP contribution in [-0.2, 0) is 0 Å². The predicted molar refractivity (Wildman–Crippen MR) is 60.2 cm³/mol. The van der Waals surface area contributed by atoms with Gasteiger partial charge in [0.05, 0.1) is 6.61 Å². The van der Waals surface area contributed by atoms with E-state index in [-0.39, 0.29) is 8.80 Å². The van der Waals surface area contributed by atoms with Gasteiger partial charge in [0.1, 0.15) is 5.75 Å². The fourth-order valence-corrected chi connectivity index (χ4v) is 2.18. The third kappa shape index (κ3) is 4.73. The van der Waals surface area contributed by atoms with Crippen LogP contribution in [0.25, 0.3) is 0 Å². The van der Waals surface area contributed by atoms with E-state index in [0.717, 1.165) is 12.4 Å². The van der Waals surface area contributed by atoms with Crippen molar-refractivity contribution in [2.45, 2.75) is 25.6 Å². The van der Waals surface area contributed by atoms with Crippen molar-refractivity contribution in [2.24, 2.45) is 0 Å². The van der Waals surface area contributed by atoms with Gasteiger partial charge in [-0.05, 0) is 18.6 Å². The Morgan fingerprint density at radius 1 is 1.15 bits per heavy atom. The highest BCUT2D eigenvalue weighted by molar-refractivity contribution is 6.55. The second-order valence-electron chi connectivity index (χ2n) is 3.70. The minimum atomic E-state index is -0.376. The molecule has 2 heteroatoms. The predicted octanol–water partition coefficient (Wildman–Crippen LogP) is 2.94. The SMILES string of the molecule is C[SiH](C)CCCOc1ccccc1. The fourth-order valence-electron chi connectivity index (χ4n) is 1.20. The molecular weight excluding hydrogens is 176 g/mol. The summed E-state index contributed by atoms with van der Waals surface area (Å²) in [5, 5.41) is 0. The van der Waals surface area contributed by atoms with Gasteiger partial charge in [0, 0.05) is 8.80 Å². The minimum absolute atomic E-state index is 0.376. The van der Waals surface area contributed by atoms with Gasteiger partial charge in [-0.3, -0.25) is 0 Å². The molecule has 1 rings (SSSR count). The largest absolute Gasteiger partial charge is 0.494 e. The van der Waals surface area contributed by atoms with Crippen LogP contribution in [0.3, 0.4) is 0 Å². The van der Waals surface area contributed by atoms with Crippen molar-refractivity contribution in [1.29, 1.82) is 0 Å². The number of ether oxygens (including phenoxy) is 1. The van der Waals surface area contributed by atoms with Crippen LogP contribution in [-0.4, -0.2) is 15.4 Å². The van der Waals surface area contributed by atoms with Crippen LogP contribution in [0.15, 0.2) is 30.3 Å². The number of rotatable bonds is 5. The van der Waals surface area contributed by atoms with Crippen molar-refractivity contribution < 1.29 is 4.74 Å². The molecule has 0 saturated carbocycles. The van der Waals surface area contributed by atoms with E-state index < -0.39 is 0 Å². The third-order valence-corrected chi connectivity index (χ3v) is 3.50. The van der Waals surface area contributed by atoms with Crippen molar-refractivity contribution >= 4 is 8.80 Å². The van der Waals surface area contributed by atoms with Crippen molar-refractivity contribution in [3.05, 3.63) is 30.3 Å². The Morgan fingerprint density at radius 3 is 2.46 bits per heavy atom. The molecule has 0 aliphatic heterocycles. The molecular formula is C11H18OSi. The fraction of sp³-hybridized carbons (Fsp3) is 0.455. The first-order valence-electron chi connectivity index (χ1n) is 4.97. The molecule has 0 unspecified atom stereocenters. The number of para-hydroxylation sites is 1. The average Bonchev–Trinajstić information content (AvgIpc) is 2.14. The average molecular weight is 194 g/mol. The highest BCUT2D eigenvalue weighted by Crippen LogP contribution is 2.09. The maximum absolute atomic E-state index is 5.58. The van der Waals surface area contributed by atoms with Crippen molar-refractivity contribution in [1.82, 2.24) is 0 Å². The Kier molecular flexibility index (Phi) is 4.61. The Balaban J connectivity index is 2.13. The zero-order valence-corrected chi connectivity index (χ0v) is 9.65. The van der Waals surface area contributed by atoms with E-state index in [9.17, 15) is 0 Å². The monoisotopic (exact) mass is 194 g/mol. The molecule has 0 N–H and O–H groups in total. The quantitative estimate of drug-likeness (QED) is 0.517. The molecule has 0 radical (unpaired) electrons. The van der Waals surface area contributed by atoms with Gasteiger partial charge in [0.15, 0.2) is 0 Å². The molecule has 0 amide bonds. The molecule has 0 fully saturated rings. The van der Waals surface area contributed by atoms with E-state index in [1.165, 1.54) is 12.5 Å². The van der Waals surface area contributed by atoms with Crippen molar-refractivity contribution in [3.63, 3.8) is 0 Å². The Hall–Kier alpha value is -0.763. The molecule has 0 atom stereocenters. The summed E-state index contributed by atoms with van der Waals surface area (Å²) in [6.45, 7) is 5.63. The number of benzene rings is 1. The van der Waals surface area contributed by atoms with Gasteiger partial charge in [-0.15, -0.1) is 0 Å². The molecule has 0 spiro atoms. The van der Waals surface area contributed by atoms with Crippen molar-refractivity contribution in [2.75, 3.05) is 6.61 Å². The van der Waals surface area contributed by atoms with E-state index in [2.05, 4.69) is 13.1 Å². The van der Waals surface area contributed by atoms with Crippen LogP contribution in [0.5, 0.6) is 5.75 Å². The topological polar surface area (TPSA) is 9.23 Å². The molecule has 1 aromatic rings. The van der Waals surface area contributed by atoms with Gasteiger partial charge in [0.25, 0.3) is 0 Å². The lowest BCUT2D eigenvalue weighted by molar-refractivity contribution is 0.317. The van der Waals surface area contributed by atoms with Gasteiger partial charge in [-0.2, -0.15) is 0 Å². The Labute approximate surface area is 82.3 Å². The summed E-state index contributed by atoms with van der Waals surface area (Å²) < 4.78 is 5.58. The second kappa shape index (κ2) is 5.81. The second-order valence-corrected chi connectivity index (χ2v) is 7.06. The maximum atomic E-state index is 5.58. The summed E-state index contributed by atoms with van der Waals surface area (Å²) >= 11 is 0. The lowest BCUT2D eigenvalue weighted by Crippen LogP contribution is -2.03. The molecule has 72 valence electrons. The first kappa shape index (κ1) is 10.3. The molecule has 0 bridgehead atoms. The number of hydrogen-bond donors (Lipinski definition) is 0. The molecule has 0 saturated heterocycles. The highest BCUT2D eigenvalue weighted by atomic mass is 28.3. The zero-order valence-electron chi connectivity index (χ0n) is 8.49. The lowest BCUT2D eigenvalue weighted by atomic mass is 10.3. The normalized spacial score (nSPS) is 10.4. The Morgan fingerprint density at radius 2 is 1.85 bits per heavy atom. The smallest absolute Gasteiger partial charge is 0.119 e. The van der Waals surface area contributed by atoms with E-state index in [1.807, 2.05) is 30.3 Å². The van der Waals surface area contributed by atoms with Crippen LogP contribution in [0.2, 0.25) is 19.1 Å². The van der Waals surface area contributed by atoms with Crippen LogP contribution in [0.4, 0.5) is 0 Å². The minimum Gasteiger partial charge on any atom is -0.494 e. The molecule has 0 aliphatic carbocycles. The summed E-state index contributed by atoms with van der Waals surface area (Å²) in [5.41, 5.74) is 0. The molecule has 13 heavy (non-hydrogen) atoms. The highest BCUT2D eigenvalue weighted by Gasteiger charge is 1.96. The van der Waals surface area contributed by atoms with E-state index in [1.54, 1.807) is 0 Å². The summed E-state index contributed by atoms with van der Waals surface area (Å²) in [6, 6.07) is 11.4. The van der Waals surface area contributed by atoms with E-state index in [0.29, 0.717) is 0 Å². The van der Waals surface area contributed by atoms with Gasteiger partial charge in [0.2, 0.25) is 0 Å². The lowest BCUT2D eigenvalue weighted by Gasteiger charge is -2.06. The first-order valence-corrected chi connectivity index (χ1v) is 8.09. The summed E-state index contributed by atoms with van der Waals surface area (Å²) in [6.07, 6.45) is 1.21. The summed E-state index contributed by atoms with van der Waals surface area (Å²) in [7, 11) is -0.376. The maximum Gasteiger partial charge on any atom is 0.119 e. The molecule has 0 heterocycles. The Bertz CT molecular complexity index is 221. The summed E-state index contributed by atoms with van der Waals surface area (Å²) in [4.78, 5) is 0. The van der Waals surface area contributed by atoms with Crippen LogP contribution in [0.1, 0.15) is 6.42 Å². The van der Waals surface area contributed by atoms with Gasteiger partial charge < -0.3 is 4.74 Å². The van der Waals surface area contributed by atoms with Gasteiger partial charge >= 0.3 is 0 Å². The van der Waals surface area contributed by atoms with E-state index >= 15 is 0 Å². The number of hydrogen-bond acceptors (Lipinski definition) is 1. The van der Waals surface area contributed by atoms with Gasteiger partial charge in [-0.1, -0.05) is 37.3 Å². The van der Waals surface area contributed by atoms with Crippen molar-refractivity contribution in [3.8, 4) is 5.75 Å². The van der Waals surface area contributed by atoms with Gasteiger partial charge in [-0.25, -0.2) is 0 Å². The molecule has 0 aliphatic rings. The zero-order chi connectivity index (χ0) is 9.52. The molecule has 1 aromatic carbocycles. The van der Waals surface area contributed by atoms with E-state index in [4.69, 9.17) is 4.74 Å². The van der Waals surface area contributed by atoms with Crippen LogP contribution >= 0.6 is 0 Å². The van der Waals surface area contributed by atoms with Crippen LogP contribution < -0.4 is 4.74 Å². The molecule has 1 nitrogen and oxygen atoms in total. The first-order chi connectivity index (χ1) is 6.29. The molecule has 0 aromatic heterocycles.